The van der Waals surface area contributed by atoms with Crippen LogP contribution in [0.15, 0.2) is 23.1 Å². The van der Waals surface area contributed by atoms with Crippen molar-refractivity contribution >= 4 is 10.0 Å². The molecule has 114 valence electrons. The Labute approximate surface area is 126 Å². The summed E-state index contributed by atoms with van der Waals surface area (Å²) in [4.78, 5) is 0.239. The maximum absolute atomic E-state index is 12.8. The molecule has 0 aliphatic carbocycles. The summed E-state index contributed by atoms with van der Waals surface area (Å²) in [6.45, 7) is 4.80. The zero-order chi connectivity index (χ0) is 15.5. The molecule has 1 aliphatic rings. The van der Waals surface area contributed by atoms with Crippen LogP contribution in [0.4, 0.5) is 0 Å². The van der Waals surface area contributed by atoms with Gasteiger partial charge in [-0.05, 0) is 43.4 Å². The topological polar surface area (TPSA) is 57.6 Å². The van der Waals surface area contributed by atoms with Crippen LogP contribution in [0.3, 0.4) is 0 Å². The molecule has 0 spiro atoms. The van der Waals surface area contributed by atoms with E-state index in [1.165, 1.54) is 0 Å². The second-order valence-corrected chi connectivity index (χ2v) is 7.48. The highest BCUT2D eigenvalue weighted by Gasteiger charge is 2.30. The highest BCUT2D eigenvalue weighted by Crippen LogP contribution is 2.26. The molecule has 1 aromatic rings. The molecule has 21 heavy (non-hydrogen) atoms. The first-order chi connectivity index (χ1) is 9.95. The van der Waals surface area contributed by atoms with E-state index in [4.69, 9.17) is 5.11 Å². The third-order valence-electron chi connectivity index (χ3n) is 3.67. The number of benzene rings is 1. The monoisotopic (exact) mass is 307 g/mol. The Morgan fingerprint density at radius 2 is 2.19 bits per heavy atom. The molecule has 1 aliphatic heterocycles. The lowest BCUT2D eigenvalue weighted by Crippen LogP contribution is -2.39. The third kappa shape index (κ3) is 3.65. The van der Waals surface area contributed by atoms with Crippen LogP contribution in [0, 0.1) is 24.7 Å². The lowest BCUT2D eigenvalue weighted by Gasteiger charge is -2.30. The molecular formula is C16H21NO3S. The van der Waals surface area contributed by atoms with E-state index in [1.54, 1.807) is 22.5 Å². The van der Waals surface area contributed by atoms with Crippen LogP contribution in [0.5, 0.6) is 0 Å². The van der Waals surface area contributed by atoms with Gasteiger partial charge in [0.15, 0.2) is 0 Å². The summed E-state index contributed by atoms with van der Waals surface area (Å²) in [7, 11) is -3.52. The summed E-state index contributed by atoms with van der Waals surface area (Å²) >= 11 is 0. The number of piperidine rings is 1. The van der Waals surface area contributed by atoms with Crippen molar-refractivity contribution in [3.8, 4) is 11.8 Å². The molecule has 0 bridgehead atoms. The molecule has 0 amide bonds. The van der Waals surface area contributed by atoms with Gasteiger partial charge in [0, 0.05) is 18.7 Å². The Bertz CT molecular complexity index is 670. The first-order valence-corrected chi connectivity index (χ1v) is 8.59. The van der Waals surface area contributed by atoms with Gasteiger partial charge in [-0.3, -0.25) is 0 Å². The van der Waals surface area contributed by atoms with Gasteiger partial charge in [-0.1, -0.05) is 24.8 Å². The fourth-order valence-electron chi connectivity index (χ4n) is 2.60. The van der Waals surface area contributed by atoms with Gasteiger partial charge in [0.1, 0.15) is 6.61 Å². The molecule has 1 atom stereocenters. The normalized spacial score (nSPS) is 19.9. The highest BCUT2D eigenvalue weighted by atomic mass is 32.2. The quantitative estimate of drug-likeness (QED) is 0.847. The molecule has 0 saturated carbocycles. The molecule has 4 nitrogen and oxygen atoms in total. The van der Waals surface area contributed by atoms with Gasteiger partial charge in [-0.25, -0.2) is 8.42 Å². The maximum atomic E-state index is 12.8. The summed E-state index contributed by atoms with van der Waals surface area (Å²) in [5, 5.41) is 8.84. The van der Waals surface area contributed by atoms with Crippen LogP contribution in [0.2, 0.25) is 0 Å². The zero-order valence-corrected chi connectivity index (χ0v) is 13.3. The summed E-state index contributed by atoms with van der Waals surface area (Å²) in [5.74, 6) is 5.67. The fraction of sp³-hybridized carbons (Fsp3) is 0.500. The van der Waals surface area contributed by atoms with E-state index >= 15 is 0 Å². The fourth-order valence-corrected chi connectivity index (χ4v) is 4.33. The number of sulfonamides is 1. The van der Waals surface area contributed by atoms with Crippen LogP contribution in [0.1, 0.15) is 30.9 Å². The minimum atomic E-state index is -3.52. The van der Waals surface area contributed by atoms with Crippen LogP contribution in [-0.4, -0.2) is 37.5 Å². The van der Waals surface area contributed by atoms with Gasteiger partial charge in [-0.2, -0.15) is 4.31 Å². The Balaban J connectivity index is 2.44. The van der Waals surface area contributed by atoms with Crippen molar-refractivity contribution in [2.45, 2.75) is 31.6 Å². The van der Waals surface area contributed by atoms with Crippen molar-refractivity contribution in [2.75, 3.05) is 19.7 Å². The van der Waals surface area contributed by atoms with E-state index in [9.17, 15) is 8.42 Å². The molecule has 1 aromatic carbocycles. The molecular weight excluding hydrogens is 286 g/mol. The number of aliphatic hydroxyl groups excluding tert-OH is 1. The van der Waals surface area contributed by atoms with Gasteiger partial charge in [0.05, 0.1) is 4.90 Å². The molecule has 2 rings (SSSR count). The Morgan fingerprint density at radius 3 is 2.86 bits per heavy atom. The van der Waals surface area contributed by atoms with E-state index in [2.05, 4.69) is 18.8 Å². The SMILES string of the molecule is Cc1ccc(S(=O)(=O)N2CCCC(C)C2)c(C#CCO)c1. The summed E-state index contributed by atoms with van der Waals surface area (Å²) in [5.41, 5.74) is 1.41. The van der Waals surface area contributed by atoms with Gasteiger partial charge in [-0.15, -0.1) is 0 Å². The van der Waals surface area contributed by atoms with Gasteiger partial charge < -0.3 is 5.11 Å². The number of nitrogens with zero attached hydrogens (tertiary/aromatic N) is 1. The summed E-state index contributed by atoms with van der Waals surface area (Å²) < 4.78 is 27.2. The first-order valence-electron chi connectivity index (χ1n) is 7.15. The number of hydrogen-bond acceptors (Lipinski definition) is 3. The van der Waals surface area contributed by atoms with Gasteiger partial charge in [0.25, 0.3) is 0 Å². The Hall–Kier alpha value is -1.35. The van der Waals surface area contributed by atoms with E-state index in [-0.39, 0.29) is 11.5 Å². The van der Waals surface area contributed by atoms with Crippen molar-refractivity contribution in [1.82, 2.24) is 4.31 Å². The molecule has 5 heteroatoms. The summed E-state index contributed by atoms with van der Waals surface area (Å²) in [6.07, 6.45) is 1.96. The highest BCUT2D eigenvalue weighted by molar-refractivity contribution is 7.89. The van der Waals surface area contributed by atoms with E-state index < -0.39 is 10.0 Å². The predicted molar refractivity (Wildman–Crippen MR) is 82.3 cm³/mol. The second kappa shape index (κ2) is 6.61. The average Bonchev–Trinajstić information content (AvgIpc) is 2.45. The van der Waals surface area contributed by atoms with Crippen LogP contribution in [-0.2, 0) is 10.0 Å². The first kappa shape index (κ1) is 16.0. The standard InChI is InChI=1S/C16H21NO3S/c1-13-7-8-16(15(11-13)6-4-10-18)21(19,20)17-9-3-5-14(2)12-17/h7-8,11,14,18H,3,5,9-10,12H2,1-2H3. The molecule has 0 aromatic heterocycles. The zero-order valence-electron chi connectivity index (χ0n) is 12.5. The van der Waals surface area contributed by atoms with Crippen molar-refractivity contribution < 1.29 is 13.5 Å². The molecule has 1 unspecified atom stereocenters. The van der Waals surface area contributed by atoms with Crippen molar-refractivity contribution in [3.05, 3.63) is 29.3 Å². The number of rotatable bonds is 2. The summed E-state index contributed by atoms with van der Waals surface area (Å²) in [6, 6.07) is 5.15. The average molecular weight is 307 g/mol. The Kier molecular flexibility index (Phi) is 5.04. The second-order valence-electron chi connectivity index (χ2n) is 5.57. The van der Waals surface area contributed by atoms with Crippen molar-refractivity contribution in [2.24, 2.45) is 5.92 Å². The predicted octanol–water partition coefficient (Wildman–Crippen LogP) is 1.76. The molecule has 1 saturated heterocycles. The lowest BCUT2D eigenvalue weighted by molar-refractivity contribution is 0.281. The Morgan fingerprint density at radius 1 is 1.43 bits per heavy atom. The van der Waals surface area contributed by atoms with E-state index in [0.717, 1.165) is 18.4 Å². The maximum Gasteiger partial charge on any atom is 0.244 e. The van der Waals surface area contributed by atoms with E-state index in [1.807, 2.05) is 6.92 Å². The van der Waals surface area contributed by atoms with Crippen LogP contribution in [0.25, 0.3) is 0 Å². The molecule has 1 fully saturated rings. The smallest absolute Gasteiger partial charge is 0.244 e. The minimum absolute atomic E-state index is 0.239. The van der Waals surface area contributed by atoms with Crippen molar-refractivity contribution in [3.63, 3.8) is 0 Å². The van der Waals surface area contributed by atoms with Gasteiger partial charge >= 0.3 is 0 Å². The third-order valence-corrected chi connectivity index (χ3v) is 5.60. The molecule has 1 N–H and O–H groups in total. The minimum Gasteiger partial charge on any atom is -0.384 e. The number of aliphatic hydroxyl groups is 1. The number of aryl methyl sites for hydroxylation is 1. The molecule has 0 radical (unpaired) electrons. The number of hydrogen-bond donors (Lipinski definition) is 1. The van der Waals surface area contributed by atoms with Crippen LogP contribution >= 0.6 is 0 Å². The lowest BCUT2D eigenvalue weighted by atomic mass is 10.0. The largest absolute Gasteiger partial charge is 0.384 e. The van der Waals surface area contributed by atoms with Gasteiger partial charge in [0.2, 0.25) is 10.0 Å². The van der Waals surface area contributed by atoms with E-state index in [0.29, 0.717) is 24.6 Å². The van der Waals surface area contributed by atoms with Crippen molar-refractivity contribution in [1.29, 1.82) is 0 Å². The van der Waals surface area contributed by atoms with Crippen LogP contribution < -0.4 is 0 Å². The molecule has 1 heterocycles.